The number of hydrogen-bond donors (Lipinski definition) is 0. The molecule has 0 N–H and O–H groups in total. The standard InChI is InChI=1S/C14H18O4/c1-3-9-17-13(15)10-18-14(16)11(2)12-7-5-4-6-8-12/h4-8,11H,3,9-10H2,1-2H3. The van der Waals surface area contributed by atoms with Gasteiger partial charge in [-0.2, -0.15) is 0 Å². The van der Waals surface area contributed by atoms with Crippen LogP contribution in [0.2, 0.25) is 0 Å². The van der Waals surface area contributed by atoms with Gasteiger partial charge in [-0.15, -0.1) is 0 Å². The van der Waals surface area contributed by atoms with Gasteiger partial charge in [-0.1, -0.05) is 37.3 Å². The third-order valence-electron chi connectivity index (χ3n) is 2.45. The minimum atomic E-state index is -0.509. The van der Waals surface area contributed by atoms with Crippen molar-refractivity contribution < 1.29 is 19.1 Å². The van der Waals surface area contributed by atoms with Crippen LogP contribution in [0.15, 0.2) is 30.3 Å². The monoisotopic (exact) mass is 250 g/mol. The van der Waals surface area contributed by atoms with Crippen LogP contribution in [0.5, 0.6) is 0 Å². The van der Waals surface area contributed by atoms with Gasteiger partial charge in [0.1, 0.15) is 0 Å². The van der Waals surface area contributed by atoms with E-state index in [2.05, 4.69) is 0 Å². The highest BCUT2D eigenvalue weighted by atomic mass is 16.6. The summed E-state index contributed by atoms with van der Waals surface area (Å²) in [6.07, 6.45) is 0.750. The summed E-state index contributed by atoms with van der Waals surface area (Å²) in [5.41, 5.74) is 0.865. The summed E-state index contributed by atoms with van der Waals surface area (Å²) >= 11 is 0. The van der Waals surface area contributed by atoms with Gasteiger partial charge < -0.3 is 9.47 Å². The largest absolute Gasteiger partial charge is 0.463 e. The fourth-order valence-corrected chi connectivity index (χ4v) is 1.39. The number of esters is 2. The van der Waals surface area contributed by atoms with Crippen molar-refractivity contribution in [1.29, 1.82) is 0 Å². The van der Waals surface area contributed by atoms with E-state index in [1.165, 1.54) is 0 Å². The Kier molecular flexibility index (Phi) is 5.91. The second-order valence-electron chi connectivity index (χ2n) is 3.96. The average Bonchev–Trinajstić information content (AvgIpc) is 2.42. The third kappa shape index (κ3) is 4.57. The first kappa shape index (κ1) is 14.2. The number of rotatable bonds is 6. The van der Waals surface area contributed by atoms with Crippen molar-refractivity contribution in [1.82, 2.24) is 0 Å². The first-order valence-electron chi connectivity index (χ1n) is 6.02. The molecule has 0 amide bonds. The maximum Gasteiger partial charge on any atom is 0.344 e. The topological polar surface area (TPSA) is 52.6 Å². The fourth-order valence-electron chi connectivity index (χ4n) is 1.39. The predicted molar refractivity (Wildman–Crippen MR) is 67.1 cm³/mol. The SMILES string of the molecule is CCCOC(=O)COC(=O)C(C)c1ccccc1. The van der Waals surface area contributed by atoms with Gasteiger partial charge in [-0.3, -0.25) is 4.79 Å². The molecular formula is C14H18O4. The fraction of sp³-hybridized carbons (Fsp3) is 0.429. The van der Waals surface area contributed by atoms with Crippen molar-refractivity contribution in [3.05, 3.63) is 35.9 Å². The van der Waals surface area contributed by atoms with Crippen molar-refractivity contribution >= 4 is 11.9 Å². The summed E-state index contributed by atoms with van der Waals surface area (Å²) < 4.78 is 9.71. The normalized spacial score (nSPS) is 11.7. The lowest BCUT2D eigenvalue weighted by Gasteiger charge is -2.11. The Labute approximate surface area is 107 Å². The van der Waals surface area contributed by atoms with Crippen LogP contribution in [0.4, 0.5) is 0 Å². The van der Waals surface area contributed by atoms with E-state index < -0.39 is 11.9 Å². The van der Waals surface area contributed by atoms with E-state index in [1.807, 2.05) is 37.3 Å². The lowest BCUT2D eigenvalue weighted by Crippen LogP contribution is -2.20. The highest BCUT2D eigenvalue weighted by Crippen LogP contribution is 2.15. The van der Waals surface area contributed by atoms with E-state index in [0.717, 1.165) is 12.0 Å². The van der Waals surface area contributed by atoms with E-state index in [1.54, 1.807) is 6.92 Å². The van der Waals surface area contributed by atoms with Crippen molar-refractivity contribution in [2.24, 2.45) is 0 Å². The number of ether oxygens (including phenoxy) is 2. The van der Waals surface area contributed by atoms with Gasteiger partial charge in [0.2, 0.25) is 0 Å². The van der Waals surface area contributed by atoms with Gasteiger partial charge in [0.05, 0.1) is 12.5 Å². The summed E-state index contributed by atoms with van der Waals surface area (Å²) in [5, 5.41) is 0. The quantitative estimate of drug-likeness (QED) is 0.727. The first-order chi connectivity index (χ1) is 8.65. The molecule has 4 nitrogen and oxygen atoms in total. The van der Waals surface area contributed by atoms with Gasteiger partial charge in [-0.25, -0.2) is 4.79 Å². The summed E-state index contributed by atoms with van der Waals surface area (Å²) in [6, 6.07) is 9.29. The highest BCUT2D eigenvalue weighted by Gasteiger charge is 2.17. The molecule has 1 unspecified atom stereocenters. The minimum Gasteiger partial charge on any atom is -0.463 e. The van der Waals surface area contributed by atoms with Crippen LogP contribution in [0.3, 0.4) is 0 Å². The van der Waals surface area contributed by atoms with E-state index >= 15 is 0 Å². The lowest BCUT2D eigenvalue weighted by molar-refractivity contribution is -0.159. The zero-order valence-corrected chi connectivity index (χ0v) is 10.7. The van der Waals surface area contributed by atoms with Crippen LogP contribution in [0.1, 0.15) is 31.7 Å². The molecule has 0 aliphatic rings. The number of carbonyl (C=O) groups is 2. The minimum absolute atomic E-state index is 0.323. The second-order valence-corrected chi connectivity index (χ2v) is 3.96. The smallest absolute Gasteiger partial charge is 0.344 e. The molecule has 0 fully saturated rings. The van der Waals surface area contributed by atoms with Crippen molar-refractivity contribution in [2.45, 2.75) is 26.2 Å². The number of hydrogen-bond acceptors (Lipinski definition) is 4. The molecule has 0 saturated carbocycles. The Morgan fingerprint density at radius 2 is 1.83 bits per heavy atom. The summed E-state index contributed by atoms with van der Waals surface area (Å²) in [5.74, 6) is -1.31. The van der Waals surface area contributed by atoms with Crippen LogP contribution < -0.4 is 0 Å². The van der Waals surface area contributed by atoms with E-state index in [0.29, 0.717) is 6.61 Å². The third-order valence-corrected chi connectivity index (χ3v) is 2.45. The van der Waals surface area contributed by atoms with Gasteiger partial charge in [0, 0.05) is 0 Å². The van der Waals surface area contributed by atoms with Gasteiger partial charge in [0.25, 0.3) is 0 Å². The number of benzene rings is 1. The molecule has 0 saturated heterocycles. The van der Waals surface area contributed by atoms with E-state index in [9.17, 15) is 9.59 Å². The van der Waals surface area contributed by atoms with E-state index in [-0.39, 0.29) is 12.5 Å². The molecule has 1 rings (SSSR count). The zero-order chi connectivity index (χ0) is 13.4. The summed E-state index contributed by atoms with van der Waals surface area (Å²) in [4.78, 5) is 22.9. The molecule has 0 heterocycles. The first-order valence-corrected chi connectivity index (χ1v) is 6.02. The molecule has 4 heteroatoms. The van der Waals surface area contributed by atoms with Gasteiger partial charge in [-0.05, 0) is 18.9 Å². The molecule has 18 heavy (non-hydrogen) atoms. The Morgan fingerprint density at radius 3 is 2.44 bits per heavy atom. The molecule has 98 valence electrons. The lowest BCUT2D eigenvalue weighted by atomic mass is 10.0. The molecule has 0 spiro atoms. The van der Waals surface area contributed by atoms with E-state index in [4.69, 9.17) is 9.47 Å². The van der Waals surface area contributed by atoms with Crippen LogP contribution >= 0.6 is 0 Å². The molecular weight excluding hydrogens is 232 g/mol. The summed E-state index contributed by atoms with van der Waals surface area (Å²) in [6.45, 7) is 3.67. The highest BCUT2D eigenvalue weighted by molar-refractivity contribution is 5.80. The average molecular weight is 250 g/mol. The Bertz CT molecular complexity index is 386. The van der Waals surface area contributed by atoms with Crippen LogP contribution in [-0.2, 0) is 19.1 Å². The molecule has 1 aromatic rings. The Balaban J connectivity index is 2.39. The molecule has 0 bridgehead atoms. The summed E-state index contributed by atoms with van der Waals surface area (Å²) in [7, 11) is 0. The Hall–Kier alpha value is -1.84. The second kappa shape index (κ2) is 7.48. The van der Waals surface area contributed by atoms with Crippen LogP contribution in [0.25, 0.3) is 0 Å². The molecule has 0 aromatic heterocycles. The zero-order valence-electron chi connectivity index (χ0n) is 10.7. The van der Waals surface area contributed by atoms with Crippen molar-refractivity contribution in [3.63, 3.8) is 0 Å². The van der Waals surface area contributed by atoms with Crippen LogP contribution in [-0.4, -0.2) is 25.2 Å². The molecule has 0 radical (unpaired) electrons. The molecule has 1 aromatic carbocycles. The Morgan fingerprint density at radius 1 is 1.17 bits per heavy atom. The molecule has 1 atom stereocenters. The molecule has 0 aliphatic heterocycles. The maximum atomic E-state index is 11.7. The maximum absolute atomic E-state index is 11.7. The number of carbonyl (C=O) groups excluding carboxylic acids is 2. The van der Waals surface area contributed by atoms with Gasteiger partial charge >= 0.3 is 11.9 Å². The predicted octanol–water partition coefficient (Wildman–Crippen LogP) is 2.29. The van der Waals surface area contributed by atoms with Crippen LogP contribution in [0, 0.1) is 0 Å². The van der Waals surface area contributed by atoms with Gasteiger partial charge in [0.15, 0.2) is 6.61 Å². The van der Waals surface area contributed by atoms with Crippen molar-refractivity contribution in [3.8, 4) is 0 Å². The van der Waals surface area contributed by atoms with Crippen molar-refractivity contribution in [2.75, 3.05) is 13.2 Å². The molecule has 0 aliphatic carbocycles.